The molecule has 31 heavy (non-hydrogen) atoms. The van der Waals surface area contributed by atoms with Crippen molar-refractivity contribution in [3.05, 3.63) is 48.5 Å². The summed E-state index contributed by atoms with van der Waals surface area (Å²) < 4.78 is 46.8. The van der Waals surface area contributed by atoms with Gasteiger partial charge in [-0.15, -0.1) is 23.4 Å². The van der Waals surface area contributed by atoms with Gasteiger partial charge in [-0.3, -0.25) is 4.79 Å². The second kappa shape index (κ2) is 9.16. The first kappa shape index (κ1) is 22.3. The van der Waals surface area contributed by atoms with E-state index in [0.717, 1.165) is 29.5 Å². The number of amides is 1. The van der Waals surface area contributed by atoms with E-state index in [0.29, 0.717) is 22.4 Å². The van der Waals surface area contributed by atoms with Gasteiger partial charge in [0, 0.05) is 11.3 Å². The molecule has 3 rings (SSSR count). The van der Waals surface area contributed by atoms with Crippen LogP contribution in [0.25, 0.3) is 11.4 Å². The van der Waals surface area contributed by atoms with E-state index in [2.05, 4.69) is 20.3 Å². The van der Waals surface area contributed by atoms with Crippen LogP contribution in [0.2, 0.25) is 0 Å². The quantitative estimate of drug-likeness (QED) is 0.415. The Hall–Kier alpha value is -3.41. The molecule has 0 saturated carbocycles. The molecule has 0 bridgehead atoms. The van der Waals surface area contributed by atoms with Gasteiger partial charge in [-0.05, 0) is 55.5 Å². The number of hydrogen-bond donors (Lipinski definition) is 2. The summed E-state index contributed by atoms with van der Waals surface area (Å²) in [5.74, 6) is 6.41. The first-order chi connectivity index (χ1) is 14.7. The van der Waals surface area contributed by atoms with Crippen molar-refractivity contribution in [2.75, 3.05) is 18.3 Å². The zero-order valence-corrected chi connectivity index (χ0v) is 17.2. The first-order valence-electron chi connectivity index (χ1n) is 8.84. The van der Waals surface area contributed by atoms with Crippen LogP contribution in [0.15, 0.2) is 53.7 Å². The van der Waals surface area contributed by atoms with Gasteiger partial charge in [-0.25, -0.2) is 4.68 Å². The van der Waals surface area contributed by atoms with Crippen LogP contribution in [0, 0.1) is 0 Å². The highest BCUT2D eigenvalue weighted by molar-refractivity contribution is 8.00. The summed E-state index contributed by atoms with van der Waals surface area (Å²) in [5, 5.41) is 10.4. The van der Waals surface area contributed by atoms with Crippen LogP contribution >= 0.6 is 11.8 Å². The van der Waals surface area contributed by atoms with Crippen LogP contribution in [0.1, 0.15) is 6.92 Å². The van der Waals surface area contributed by atoms with E-state index in [4.69, 9.17) is 10.6 Å². The standard InChI is InChI=1S/C19H18F3N5O3S/c1-11(17(28)24-13-5-9-15(10-6-13)30-19(20,21)22)31-18-26-25-16(27(18)23)12-3-7-14(29-2)8-4-12/h3-11H,23H2,1-2H3,(H,24,28). The number of nitrogens with one attached hydrogen (secondary N) is 1. The summed E-state index contributed by atoms with van der Waals surface area (Å²) >= 11 is 1.09. The van der Waals surface area contributed by atoms with Gasteiger partial charge in [0.15, 0.2) is 5.82 Å². The molecule has 1 unspecified atom stereocenters. The second-order valence-electron chi connectivity index (χ2n) is 6.23. The maximum atomic E-state index is 12.4. The number of carbonyl (C=O) groups is 1. The van der Waals surface area contributed by atoms with Crippen molar-refractivity contribution < 1.29 is 27.4 Å². The lowest BCUT2D eigenvalue weighted by atomic mass is 10.2. The van der Waals surface area contributed by atoms with Gasteiger partial charge in [0.2, 0.25) is 11.1 Å². The fourth-order valence-electron chi connectivity index (χ4n) is 2.49. The van der Waals surface area contributed by atoms with Crippen LogP contribution in [0.5, 0.6) is 11.5 Å². The molecule has 164 valence electrons. The largest absolute Gasteiger partial charge is 0.573 e. The summed E-state index contributed by atoms with van der Waals surface area (Å²) in [4.78, 5) is 12.4. The Morgan fingerprint density at radius 1 is 1.10 bits per heavy atom. The average Bonchev–Trinajstić information content (AvgIpc) is 3.08. The molecule has 0 aliphatic heterocycles. The zero-order valence-electron chi connectivity index (χ0n) is 16.4. The molecule has 8 nitrogen and oxygen atoms in total. The number of alkyl halides is 3. The first-order valence-corrected chi connectivity index (χ1v) is 9.72. The molecule has 1 atom stereocenters. The molecular formula is C19H18F3N5O3S. The Morgan fingerprint density at radius 2 is 1.71 bits per heavy atom. The summed E-state index contributed by atoms with van der Waals surface area (Å²) in [6.45, 7) is 1.64. The third kappa shape index (κ3) is 5.81. The third-order valence-corrected chi connectivity index (χ3v) is 5.08. The van der Waals surface area contributed by atoms with Crippen molar-refractivity contribution >= 4 is 23.4 Å². The molecule has 3 N–H and O–H groups in total. The minimum atomic E-state index is -4.78. The Labute approximate surface area is 179 Å². The number of ether oxygens (including phenoxy) is 2. The molecule has 1 amide bonds. The molecule has 0 aliphatic carbocycles. The lowest BCUT2D eigenvalue weighted by Crippen LogP contribution is -2.23. The molecule has 0 saturated heterocycles. The lowest BCUT2D eigenvalue weighted by molar-refractivity contribution is -0.274. The Bertz CT molecular complexity index is 1040. The van der Waals surface area contributed by atoms with E-state index < -0.39 is 11.6 Å². The van der Waals surface area contributed by atoms with Crippen LogP contribution in [0.4, 0.5) is 18.9 Å². The molecule has 12 heteroatoms. The van der Waals surface area contributed by atoms with Gasteiger partial charge in [0.25, 0.3) is 0 Å². The highest BCUT2D eigenvalue weighted by Crippen LogP contribution is 2.27. The maximum absolute atomic E-state index is 12.4. The predicted molar refractivity (Wildman–Crippen MR) is 109 cm³/mol. The molecular weight excluding hydrogens is 435 g/mol. The highest BCUT2D eigenvalue weighted by Gasteiger charge is 2.31. The molecule has 1 aromatic heterocycles. The molecule has 0 radical (unpaired) electrons. The third-order valence-electron chi connectivity index (χ3n) is 4.02. The zero-order chi connectivity index (χ0) is 22.6. The van der Waals surface area contributed by atoms with Crippen molar-refractivity contribution in [3.63, 3.8) is 0 Å². The molecule has 0 spiro atoms. The molecule has 3 aromatic rings. The van der Waals surface area contributed by atoms with Crippen molar-refractivity contribution in [1.82, 2.24) is 14.9 Å². The number of nitrogens with two attached hydrogens (primary N) is 1. The summed E-state index contributed by atoms with van der Waals surface area (Å²) in [5.41, 5.74) is 1.04. The van der Waals surface area contributed by atoms with E-state index >= 15 is 0 Å². The number of carbonyl (C=O) groups excluding carboxylic acids is 1. The maximum Gasteiger partial charge on any atom is 0.573 e. The summed E-state index contributed by atoms with van der Waals surface area (Å²) in [7, 11) is 1.56. The van der Waals surface area contributed by atoms with Crippen LogP contribution in [0.3, 0.4) is 0 Å². The predicted octanol–water partition coefficient (Wildman–Crippen LogP) is 3.69. The average molecular weight is 453 g/mol. The number of nitrogens with zero attached hydrogens (tertiary/aromatic N) is 3. The smallest absolute Gasteiger partial charge is 0.497 e. The van der Waals surface area contributed by atoms with Crippen molar-refractivity contribution in [2.24, 2.45) is 0 Å². The lowest BCUT2D eigenvalue weighted by Gasteiger charge is -2.13. The van der Waals surface area contributed by atoms with Crippen molar-refractivity contribution in [1.29, 1.82) is 0 Å². The summed E-state index contributed by atoms with van der Waals surface area (Å²) in [6, 6.07) is 11.9. The van der Waals surface area contributed by atoms with Crippen LogP contribution in [-0.2, 0) is 4.79 Å². The van der Waals surface area contributed by atoms with Gasteiger partial charge in [-0.2, -0.15) is 0 Å². The van der Waals surface area contributed by atoms with Gasteiger partial charge in [0.05, 0.1) is 12.4 Å². The number of anilines is 1. The Kier molecular flexibility index (Phi) is 6.59. The van der Waals surface area contributed by atoms with Crippen molar-refractivity contribution in [2.45, 2.75) is 23.7 Å². The second-order valence-corrected chi connectivity index (χ2v) is 7.53. The number of nitrogen functional groups attached to an aromatic ring is 1. The number of rotatable bonds is 7. The topological polar surface area (TPSA) is 104 Å². The van der Waals surface area contributed by atoms with Gasteiger partial charge in [0.1, 0.15) is 11.5 Å². The number of thioether (sulfide) groups is 1. The monoisotopic (exact) mass is 453 g/mol. The Balaban J connectivity index is 1.62. The number of aromatic nitrogens is 3. The SMILES string of the molecule is COc1ccc(-c2nnc(SC(C)C(=O)Nc3ccc(OC(F)(F)F)cc3)n2N)cc1. The molecule has 0 aliphatic rings. The molecule has 1 heterocycles. The van der Waals surface area contributed by atoms with Crippen LogP contribution < -0.4 is 20.6 Å². The highest BCUT2D eigenvalue weighted by atomic mass is 32.2. The normalized spacial score (nSPS) is 12.3. The number of benzene rings is 2. The fraction of sp³-hybridized carbons (Fsp3) is 0.211. The van der Waals surface area contributed by atoms with Gasteiger partial charge >= 0.3 is 6.36 Å². The van der Waals surface area contributed by atoms with Crippen LogP contribution in [-0.4, -0.2) is 39.5 Å². The number of halogens is 3. The van der Waals surface area contributed by atoms with E-state index in [-0.39, 0.29) is 11.7 Å². The molecule has 0 fully saturated rings. The van der Waals surface area contributed by atoms with Gasteiger partial charge in [-0.1, -0.05) is 11.8 Å². The minimum Gasteiger partial charge on any atom is -0.497 e. The van der Waals surface area contributed by atoms with E-state index in [1.165, 1.54) is 16.8 Å². The van der Waals surface area contributed by atoms with E-state index in [1.54, 1.807) is 38.3 Å². The van der Waals surface area contributed by atoms with E-state index in [9.17, 15) is 18.0 Å². The van der Waals surface area contributed by atoms with E-state index in [1.807, 2.05) is 0 Å². The number of hydrogen-bond acceptors (Lipinski definition) is 7. The Morgan fingerprint density at radius 3 is 2.29 bits per heavy atom. The fourth-order valence-corrected chi connectivity index (χ4v) is 3.26. The molecule has 2 aromatic carbocycles. The number of methoxy groups -OCH3 is 1. The minimum absolute atomic E-state index is 0.320. The van der Waals surface area contributed by atoms with Crippen molar-refractivity contribution in [3.8, 4) is 22.9 Å². The van der Waals surface area contributed by atoms with Gasteiger partial charge < -0.3 is 20.6 Å². The summed E-state index contributed by atoms with van der Waals surface area (Å²) in [6.07, 6.45) is -4.78.